The van der Waals surface area contributed by atoms with E-state index >= 15 is 0 Å². The molecule has 0 radical (unpaired) electrons. The second-order valence-electron chi connectivity index (χ2n) is 3.67. The molecule has 18 heavy (non-hydrogen) atoms. The van der Waals surface area contributed by atoms with Gasteiger partial charge in [0.1, 0.15) is 5.57 Å². The number of ether oxygens (including phenoxy) is 1. The highest BCUT2D eigenvalue weighted by Gasteiger charge is 2.17. The van der Waals surface area contributed by atoms with Gasteiger partial charge in [-0.25, -0.2) is 9.59 Å². The SMILES string of the molecule is CCOC(=O)C(=CCCc1ccccc1)C(=O)O. The zero-order chi connectivity index (χ0) is 13.4. The van der Waals surface area contributed by atoms with E-state index in [1.165, 1.54) is 6.08 Å². The predicted molar refractivity (Wildman–Crippen MR) is 67.1 cm³/mol. The molecule has 4 heteroatoms. The Kier molecular flexibility index (Phi) is 5.64. The topological polar surface area (TPSA) is 63.6 Å². The summed E-state index contributed by atoms with van der Waals surface area (Å²) in [6.07, 6.45) is 2.59. The molecule has 0 aliphatic heterocycles. The fourth-order valence-electron chi connectivity index (χ4n) is 1.49. The van der Waals surface area contributed by atoms with Crippen LogP contribution in [0.4, 0.5) is 0 Å². The van der Waals surface area contributed by atoms with Crippen molar-refractivity contribution in [1.29, 1.82) is 0 Å². The highest BCUT2D eigenvalue weighted by molar-refractivity contribution is 6.13. The molecule has 1 aromatic carbocycles. The van der Waals surface area contributed by atoms with Crippen LogP contribution in [-0.4, -0.2) is 23.7 Å². The van der Waals surface area contributed by atoms with Crippen LogP contribution in [-0.2, 0) is 20.7 Å². The number of benzene rings is 1. The Morgan fingerprint density at radius 2 is 1.94 bits per heavy atom. The molecule has 4 nitrogen and oxygen atoms in total. The van der Waals surface area contributed by atoms with Crippen molar-refractivity contribution in [3.63, 3.8) is 0 Å². The number of carboxylic acids is 1. The van der Waals surface area contributed by atoms with Crippen LogP contribution < -0.4 is 0 Å². The van der Waals surface area contributed by atoms with Crippen molar-refractivity contribution in [1.82, 2.24) is 0 Å². The smallest absolute Gasteiger partial charge is 0.345 e. The number of aliphatic carboxylic acids is 1. The quantitative estimate of drug-likeness (QED) is 0.363. The van der Waals surface area contributed by atoms with Crippen molar-refractivity contribution >= 4 is 11.9 Å². The minimum absolute atomic E-state index is 0.169. The van der Waals surface area contributed by atoms with Crippen molar-refractivity contribution in [2.75, 3.05) is 6.61 Å². The maximum atomic E-state index is 11.4. The fourth-order valence-corrected chi connectivity index (χ4v) is 1.49. The van der Waals surface area contributed by atoms with Crippen molar-refractivity contribution in [3.05, 3.63) is 47.5 Å². The summed E-state index contributed by atoms with van der Waals surface area (Å²) in [6.45, 7) is 1.81. The van der Waals surface area contributed by atoms with Crippen LogP contribution in [0.25, 0.3) is 0 Å². The average molecular weight is 248 g/mol. The number of carbonyl (C=O) groups is 2. The number of hydrogen-bond donors (Lipinski definition) is 1. The molecule has 0 aliphatic rings. The normalized spacial score (nSPS) is 11.1. The van der Waals surface area contributed by atoms with Gasteiger partial charge in [-0.1, -0.05) is 36.4 Å². The standard InChI is InChI=1S/C14H16O4/c1-2-18-14(17)12(13(15)16)10-6-9-11-7-4-3-5-8-11/h3-5,7-8,10H,2,6,9H2,1H3,(H,15,16). The lowest BCUT2D eigenvalue weighted by atomic mass is 10.1. The largest absolute Gasteiger partial charge is 0.477 e. The molecular formula is C14H16O4. The number of carboxylic acid groups (broad SMARTS) is 1. The summed E-state index contributed by atoms with van der Waals surface area (Å²) in [6, 6.07) is 9.67. The average Bonchev–Trinajstić information content (AvgIpc) is 2.35. The summed E-state index contributed by atoms with van der Waals surface area (Å²) < 4.78 is 4.68. The number of hydrogen-bond acceptors (Lipinski definition) is 3. The molecule has 0 heterocycles. The van der Waals surface area contributed by atoms with Crippen molar-refractivity contribution in [2.24, 2.45) is 0 Å². The van der Waals surface area contributed by atoms with Crippen molar-refractivity contribution in [2.45, 2.75) is 19.8 Å². The third-order valence-corrected chi connectivity index (χ3v) is 2.35. The van der Waals surface area contributed by atoms with Crippen LogP contribution in [0.2, 0.25) is 0 Å². The molecule has 0 saturated heterocycles. The van der Waals surface area contributed by atoms with Gasteiger partial charge in [0, 0.05) is 0 Å². The molecular weight excluding hydrogens is 232 g/mol. The molecule has 1 rings (SSSR count). The lowest BCUT2D eigenvalue weighted by molar-refractivity contribution is -0.143. The van der Waals surface area contributed by atoms with Gasteiger partial charge in [-0.2, -0.15) is 0 Å². The molecule has 0 saturated carbocycles. The van der Waals surface area contributed by atoms with Crippen molar-refractivity contribution in [3.8, 4) is 0 Å². The molecule has 0 atom stereocenters. The molecule has 0 aromatic heterocycles. The molecule has 96 valence electrons. The molecule has 0 spiro atoms. The Bertz CT molecular complexity index is 434. The van der Waals surface area contributed by atoms with E-state index in [4.69, 9.17) is 5.11 Å². The number of aryl methyl sites for hydroxylation is 1. The van der Waals surface area contributed by atoms with Gasteiger partial charge >= 0.3 is 11.9 Å². The van der Waals surface area contributed by atoms with Gasteiger partial charge in [0.25, 0.3) is 0 Å². The van der Waals surface area contributed by atoms with Gasteiger partial charge in [0.05, 0.1) is 6.61 Å². The van der Waals surface area contributed by atoms with E-state index in [9.17, 15) is 9.59 Å². The van der Waals surface area contributed by atoms with Crippen LogP contribution in [0.3, 0.4) is 0 Å². The first-order chi connectivity index (χ1) is 8.65. The van der Waals surface area contributed by atoms with Crippen LogP contribution in [0.15, 0.2) is 42.0 Å². The Labute approximate surface area is 106 Å². The predicted octanol–water partition coefficient (Wildman–Crippen LogP) is 2.19. The van der Waals surface area contributed by atoms with E-state index in [-0.39, 0.29) is 12.2 Å². The lowest BCUT2D eigenvalue weighted by Crippen LogP contribution is -2.15. The third-order valence-electron chi connectivity index (χ3n) is 2.35. The number of carbonyl (C=O) groups excluding carboxylic acids is 1. The van der Waals surface area contributed by atoms with E-state index < -0.39 is 11.9 Å². The van der Waals surface area contributed by atoms with Crippen LogP contribution >= 0.6 is 0 Å². The van der Waals surface area contributed by atoms with E-state index in [0.717, 1.165) is 5.56 Å². The summed E-state index contributed by atoms with van der Waals surface area (Å²) >= 11 is 0. The summed E-state index contributed by atoms with van der Waals surface area (Å²) in [7, 11) is 0. The van der Waals surface area contributed by atoms with Gasteiger partial charge in [-0.05, 0) is 25.3 Å². The number of allylic oxidation sites excluding steroid dienone is 1. The van der Waals surface area contributed by atoms with Gasteiger partial charge in [0.15, 0.2) is 0 Å². The fraction of sp³-hybridized carbons (Fsp3) is 0.286. The van der Waals surface area contributed by atoms with Crippen LogP contribution in [0, 0.1) is 0 Å². The number of rotatable bonds is 6. The Morgan fingerprint density at radius 3 is 2.50 bits per heavy atom. The summed E-state index contributed by atoms with van der Waals surface area (Å²) in [5.41, 5.74) is 0.801. The first-order valence-corrected chi connectivity index (χ1v) is 5.79. The van der Waals surface area contributed by atoms with Crippen LogP contribution in [0.1, 0.15) is 18.9 Å². The molecule has 0 amide bonds. The van der Waals surface area contributed by atoms with E-state index in [2.05, 4.69) is 4.74 Å². The van der Waals surface area contributed by atoms with Crippen LogP contribution in [0.5, 0.6) is 0 Å². The summed E-state index contributed by atoms with van der Waals surface area (Å²) in [5.74, 6) is -2.03. The van der Waals surface area contributed by atoms with Gasteiger partial charge in [-0.15, -0.1) is 0 Å². The van der Waals surface area contributed by atoms with Gasteiger partial charge < -0.3 is 9.84 Å². The molecule has 0 bridgehead atoms. The molecule has 1 N–H and O–H groups in total. The molecule has 0 unspecified atom stereocenters. The third kappa shape index (κ3) is 4.41. The molecule has 0 aliphatic carbocycles. The minimum atomic E-state index is -1.25. The maximum Gasteiger partial charge on any atom is 0.345 e. The molecule has 1 aromatic rings. The minimum Gasteiger partial charge on any atom is -0.477 e. The summed E-state index contributed by atoms with van der Waals surface area (Å²) in [4.78, 5) is 22.2. The van der Waals surface area contributed by atoms with E-state index in [0.29, 0.717) is 12.8 Å². The van der Waals surface area contributed by atoms with E-state index in [1.807, 2.05) is 30.3 Å². The monoisotopic (exact) mass is 248 g/mol. The number of esters is 1. The van der Waals surface area contributed by atoms with Gasteiger partial charge in [0.2, 0.25) is 0 Å². The summed E-state index contributed by atoms with van der Waals surface area (Å²) in [5, 5.41) is 8.90. The maximum absolute atomic E-state index is 11.4. The Morgan fingerprint density at radius 1 is 1.28 bits per heavy atom. The Balaban J connectivity index is 2.61. The van der Waals surface area contributed by atoms with E-state index in [1.54, 1.807) is 6.92 Å². The molecule has 0 fully saturated rings. The Hall–Kier alpha value is -2.10. The first-order valence-electron chi connectivity index (χ1n) is 5.79. The van der Waals surface area contributed by atoms with Gasteiger partial charge in [-0.3, -0.25) is 0 Å². The zero-order valence-corrected chi connectivity index (χ0v) is 10.3. The first kappa shape index (κ1) is 14.0. The highest BCUT2D eigenvalue weighted by atomic mass is 16.5. The zero-order valence-electron chi connectivity index (χ0n) is 10.3. The second kappa shape index (κ2) is 7.27. The second-order valence-corrected chi connectivity index (χ2v) is 3.67. The van der Waals surface area contributed by atoms with Crippen molar-refractivity contribution < 1.29 is 19.4 Å². The lowest BCUT2D eigenvalue weighted by Gasteiger charge is -2.02. The highest BCUT2D eigenvalue weighted by Crippen LogP contribution is 2.06.